The number of carbonyl (C=O) groups excluding carboxylic acids is 2. The lowest BCUT2D eigenvalue weighted by atomic mass is 10.0. The number of allylic oxidation sites excluding steroid dienone is 1. The van der Waals surface area contributed by atoms with Crippen LogP contribution in [0.4, 0.5) is 0 Å². The van der Waals surface area contributed by atoms with Gasteiger partial charge in [0.25, 0.3) is 0 Å². The lowest BCUT2D eigenvalue weighted by molar-refractivity contribution is -0.143. The number of esters is 1. The smallest absolute Gasteiger partial charge is 0.305 e. The van der Waals surface area contributed by atoms with Gasteiger partial charge in [-0.05, 0) is 32.1 Å². The summed E-state index contributed by atoms with van der Waals surface area (Å²) in [5.74, 6) is -0.106. The van der Waals surface area contributed by atoms with Crippen LogP contribution >= 0.6 is 0 Å². The van der Waals surface area contributed by atoms with Gasteiger partial charge in [0.05, 0.1) is 25.4 Å². The Labute approximate surface area is 361 Å². The molecular weight excluding hydrogens is 719 g/mol. The first-order valence-corrected chi connectivity index (χ1v) is 26.0. The van der Waals surface area contributed by atoms with Crippen LogP contribution in [0.1, 0.15) is 284 Å². The molecule has 6 heteroatoms. The Balaban J connectivity index is 3.48. The zero-order chi connectivity index (χ0) is 42.3. The summed E-state index contributed by atoms with van der Waals surface area (Å²) >= 11 is 0. The number of carbonyl (C=O) groups is 2. The van der Waals surface area contributed by atoms with Crippen LogP contribution in [0.15, 0.2) is 12.2 Å². The van der Waals surface area contributed by atoms with E-state index in [0.29, 0.717) is 19.4 Å². The third kappa shape index (κ3) is 44.2. The summed E-state index contributed by atoms with van der Waals surface area (Å²) in [5, 5.41) is 23.0. The molecule has 6 nitrogen and oxygen atoms in total. The van der Waals surface area contributed by atoms with E-state index < -0.39 is 12.1 Å². The van der Waals surface area contributed by atoms with Gasteiger partial charge in [0.1, 0.15) is 0 Å². The normalized spacial score (nSPS) is 12.7. The van der Waals surface area contributed by atoms with Gasteiger partial charge in [0.2, 0.25) is 5.91 Å². The predicted molar refractivity (Wildman–Crippen MR) is 250 cm³/mol. The molecule has 0 aromatic carbocycles. The second kappa shape index (κ2) is 48.3. The highest BCUT2D eigenvalue weighted by Gasteiger charge is 2.18. The van der Waals surface area contributed by atoms with Crippen LogP contribution in [0, 0.1) is 0 Å². The summed E-state index contributed by atoms with van der Waals surface area (Å²) in [6, 6.07) is -0.642. The zero-order valence-electron chi connectivity index (χ0n) is 39.0. The van der Waals surface area contributed by atoms with Crippen molar-refractivity contribution >= 4 is 11.9 Å². The van der Waals surface area contributed by atoms with E-state index in [2.05, 4.69) is 19.2 Å². The number of ether oxygens (including phenoxy) is 1. The third-order valence-corrected chi connectivity index (χ3v) is 12.1. The molecule has 0 saturated carbocycles. The Morgan fingerprint density at radius 3 is 1.17 bits per heavy atom. The van der Waals surface area contributed by atoms with Gasteiger partial charge in [0, 0.05) is 12.8 Å². The monoisotopic (exact) mass is 820 g/mol. The lowest BCUT2D eigenvalue weighted by Crippen LogP contribution is -2.45. The Morgan fingerprint density at radius 1 is 0.466 bits per heavy atom. The number of rotatable bonds is 48. The van der Waals surface area contributed by atoms with Gasteiger partial charge in [0.15, 0.2) is 0 Å². The van der Waals surface area contributed by atoms with Crippen molar-refractivity contribution < 1.29 is 24.5 Å². The van der Waals surface area contributed by atoms with Crippen molar-refractivity contribution in [1.29, 1.82) is 0 Å². The molecule has 0 aromatic rings. The molecule has 0 aliphatic carbocycles. The number of hydrogen-bond acceptors (Lipinski definition) is 5. The van der Waals surface area contributed by atoms with E-state index in [1.807, 2.05) is 6.08 Å². The van der Waals surface area contributed by atoms with Gasteiger partial charge in [-0.1, -0.05) is 251 Å². The molecule has 0 radical (unpaired) electrons. The molecule has 0 heterocycles. The van der Waals surface area contributed by atoms with Crippen LogP contribution in [0.25, 0.3) is 0 Å². The highest BCUT2D eigenvalue weighted by atomic mass is 16.5. The standard InChI is InChI=1S/C52H101NO5/c1-3-5-7-9-11-13-15-17-19-20-21-23-25-30-34-38-42-46-52(57)58-47-43-39-35-31-27-26-29-33-37-41-45-51(56)53-49(48-54)50(55)44-40-36-32-28-24-22-18-16-14-12-10-8-6-4-2/h40,44,49-50,54-55H,3-39,41-43,45-48H2,1-2H3,(H,53,56)/b44-40+. The molecule has 0 rings (SSSR count). The Morgan fingerprint density at radius 2 is 0.793 bits per heavy atom. The van der Waals surface area contributed by atoms with Gasteiger partial charge in [-0.2, -0.15) is 0 Å². The molecule has 0 aromatic heterocycles. The minimum absolute atomic E-state index is 0.0168. The molecule has 0 saturated heterocycles. The van der Waals surface area contributed by atoms with Crippen LogP contribution in [0.2, 0.25) is 0 Å². The summed E-state index contributed by atoms with van der Waals surface area (Å²) in [4.78, 5) is 24.5. The summed E-state index contributed by atoms with van der Waals surface area (Å²) in [6.45, 7) is 4.86. The molecule has 0 spiro atoms. The van der Waals surface area contributed by atoms with Crippen molar-refractivity contribution in [1.82, 2.24) is 5.32 Å². The fourth-order valence-electron chi connectivity index (χ4n) is 8.05. The summed E-state index contributed by atoms with van der Waals surface area (Å²) in [7, 11) is 0. The highest BCUT2D eigenvalue weighted by molar-refractivity contribution is 5.76. The van der Waals surface area contributed by atoms with E-state index in [1.165, 1.54) is 199 Å². The van der Waals surface area contributed by atoms with Crippen LogP contribution in [0.5, 0.6) is 0 Å². The SMILES string of the molecule is CCCCCCCCCCCCCC/C=C/C(O)C(CO)NC(=O)CCCCCCCCCCCCOC(=O)CCCCCCCCCCCCCCCCCCC. The minimum atomic E-state index is -0.857. The van der Waals surface area contributed by atoms with Crippen molar-refractivity contribution in [3.05, 3.63) is 12.2 Å². The predicted octanol–water partition coefficient (Wildman–Crippen LogP) is 15.3. The van der Waals surface area contributed by atoms with E-state index in [-0.39, 0.29) is 18.5 Å². The first-order chi connectivity index (χ1) is 28.5. The van der Waals surface area contributed by atoms with Gasteiger partial charge >= 0.3 is 5.97 Å². The maximum atomic E-state index is 12.4. The molecular formula is C52H101NO5. The Bertz CT molecular complexity index is 863. The molecule has 1 amide bonds. The third-order valence-electron chi connectivity index (χ3n) is 12.1. The quantitative estimate of drug-likeness (QED) is 0.0323. The number of amides is 1. The average molecular weight is 820 g/mol. The molecule has 2 unspecified atom stereocenters. The molecule has 0 fully saturated rings. The van der Waals surface area contributed by atoms with Gasteiger partial charge < -0.3 is 20.3 Å². The second-order valence-corrected chi connectivity index (χ2v) is 17.9. The minimum Gasteiger partial charge on any atom is -0.466 e. The number of aliphatic hydroxyl groups excluding tert-OH is 2. The molecule has 58 heavy (non-hydrogen) atoms. The second-order valence-electron chi connectivity index (χ2n) is 17.9. The molecule has 0 aliphatic heterocycles. The topological polar surface area (TPSA) is 95.9 Å². The maximum absolute atomic E-state index is 12.4. The average Bonchev–Trinajstić information content (AvgIpc) is 3.22. The Hall–Kier alpha value is -1.40. The zero-order valence-corrected chi connectivity index (χ0v) is 39.0. The van der Waals surface area contributed by atoms with E-state index in [4.69, 9.17) is 4.74 Å². The first kappa shape index (κ1) is 56.6. The molecule has 2 atom stereocenters. The molecule has 344 valence electrons. The van der Waals surface area contributed by atoms with Crippen molar-refractivity contribution in [3.63, 3.8) is 0 Å². The number of nitrogens with one attached hydrogen (secondary N) is 1. The fraction of sp³-hybridized carbons (Fsp3) is 0.923. The largest absolute Gasteiger partial charge is 0.466 e. The number of hydrogen-bond donors (Lipinski definition) is 3. The summed E-state index contributed by atoms with van der Waals surface area (Å²) in [5.41, 5.74) is 0. The first-order valence-electron chi connectivity index (χ1n) is 26.0. The number of unbranched alkanes of at least 4 members (excludes halogenated alkanes) is 37. The number of aliphatic hydroxyl groups is 2. The summed E-state index contributed by atoms with van der Waals surface area (Å²) in [6.07, 6.45) is 54.9. The van der Waals surface area contributed by atoms with E-state index in [1.54, 1.807) is 6.08 Å². The van der Waals surface area contributed by atoms with Crippen LogP contribution in [-0.2, 0) is 14.3 Å². The van der Waals surface area contributed by atoms with E-state index >= 15 is 0 Å². The van der Waals surface area contributed by atoms with Crippen LogP contribution in [0.3, 0.4) is 0 Å². The van der Waals surface area contributed by atoms with Crippen molar-refractivity contribution in [3.8, 4) is 0 Å². The fourth-order valence-corrected chi connectivity index (χ4v) is 8.05. The van der Waals surface area contributed by atoms with Crippen molar-refractivity contribution in [2.45, 2.75) is 296 Å². The van der Waals surface area contributed by atoms with E-state index in [0.717, 1.165) is 57.8 Å². The van der Waals surface area contributed by atoms with E-state index in [9.17, 15) is 19.8 Å². The maximum Gasteiger partial charge on any atom is 0.305 e. The Kier molecular flexibility index (Phi) is 47.1. The summed E-state index contributed by atoms with van der Waals surface area (Å²) < 4.78 is 5.46. The lowest BCUT2D eigenvalue weighted by Gasteiger charge is -2.20. The van der Waals surface area contributed by atoms with Gasteiger partial charge in [-0.3, -0.25) is 9.59 Å². The van der Waals surface area contributed by atoms with Crippen molar-refractivity contribution in [2.24, 2.45) is 0 Å². The molecule has 3 N–H and O–H groups in total. The molecule has 0 bridgehead atoms. The van der Waals surface area contributed by atoms with Crippen molar-refractivity contribution in [2.75, 3.05) is 13.2 Å². The van der Waals surface area contributed by atoms with Crippen LogP contribution in [-0.4, -0.2) is 47.4 Å². The highest BCUT2D eigenvalue weighted by Crippen LogP contribution is 2.16. The molecule has 0 aliphatic rings. The van der Waals surface area contributed by atoms with Gasteiger partial charge in [-0.15, -0.1) is 0 Å². The van der Waals surface area contributed by atoms with Gasteiger partial charge in [-0.25, -0.2) is 0 Å². The van der Waals surface area contributed by atoms with Crippen LogP contribution < -0.4 is 5.32 Å².